The molecular formula is C35H70O4. The summed E-state index contributed by atoms with van der Waals surface area (Å²) in [6.07, 6.45) is 38.1. The number of ether oxygens (including phenoxy) is 4. The van der Waals surface area contributed by atoms with Gasteiger partial charge in [0.2, 0.25) is 0 Å². The Morgan fingerprint density at radius 1 is 0.487 bits per heavy atom. The highest BCUT2D eigenvalue weighted by atomic mass is 16.7. The minimum atomic E-state index is 0.0200. The summed E-state index contributed by atoms with van der Waals surface area (Å²) in [7, 11) is 1.64. The highest BCUT2D eigenvalue weighted by Crippen LogP contribution is 2.16. The van der Waals surface area contributed by atoms with Crippen LogP contribution in [0.5, 0.6) is 0 Å². The minimum absolute atomic E-state index is 0.0200. The standard InChI is InChI=1S/C35H70O4/c1-4-6-8-10-19-24-28-32-38-35(39-33-29-25-20-11-9-7-5-2)30-26-22-18-16-14-12-13-15-17-21-23-27-31-37-34-36-3/h27,31,35H,4-26,28-30,32-34H2,1-3H3. The molecule has 0 fully saturated rings. The predicted molar refractivity (Wildman–Crippen MR) is 169 cm³/mol. The molecule has 0 aliphatic heterocycles. The molecule has 0 saturated carbocycles. The third kappa shape index (κ3) is 33.5. The molecule has 0 aliphatic carbocycles. The molecule has 0 aromatic carbocycles. The summed E-state index contributed by atoms with van der Waals surface area (Å²) in [6, 6.07) is 0. The maximum absolute atomic E-state index is 6.21. The summed E-state index contributed by atoms with van der Waals surface area (Å²) in [6.45, 7) is 6.65. The molecule has 0 saturated heterocycles. The molecule has 0 rings (SSSR count). The molecule has 0 aromatic rings. The van der Waals surface area contributed by atoms with Crippen molar-refractivity contribution in [2.75, 3.05) is 27.1 Å². The summed E-state index contributed by atoms with van der Waals surface area (Å²) in [4.78, 5) is 0. The Kier molecular flexibility index (Phi) is 34.9. The zero-order chi connectivity index (χ0) is 28.3. The molecular weight excluding hydrogens is 484 g/mol. The van der Waals surface area contributed by atoms with Gasteiger partial charge in [-0.1, -0.05) is 142 Å². The topological polar surface area (TPSA) is 36.9 Å². The molecule has 0 N–H and O–H groups in total. The lowest BCUT2D eigenvalue weighted by atomic mass is 10.1. The molecule has 0 heterocycles. The zero-order valence-corrected chi connectivity index (χ0v) is 26.9. The first-order valence-corrected chi connectivity index (χ1v) is 17.3. The molecule has 4 heteroatoms. The quantitative estimate of drug-likeness (QED) is 0.0450. The predicted octanol–water partition coefficient (Wildman–Crippen LogP) is 11.7. The van der Waals surface area contributed by atoms with Crippen molar-refractivity contribution in [3.05, 3.63) is 12.3 Å². The van der Waals surface area contributed by atoms with Gasteiger partial charge in [0.05, 0.1) is 6.26 Å². The van der Waals surface area contributed by atoms with Gasteiger partial charge in [0, 0.05) is 20.3 Å². The Morgan fingerprint density at radius 3 is 1.36 bits per heavy atom. The summed E-state index contributed by atoms with van der Waals surface area (Å²) < 4.78 is 22.4. The van der Waals surface area contributed by atoms with Gasteiger partial charge in [-0.2, -0.15) is 0 Å². The second kappa shape index (κ2) is 35.4. The van der Waals surface area contributed by atoms with Crippen LogP contribution < -0.4 is 0 Å². The molecule has 0 radical (unpaired) electrons. The van der Waals surface area contributed by atoms with Crippen molar-refractivity contribution in [1.29, 1.82) is 0 Å². The van der Waals surface area contributed by atoms with E-state index in [1.165, 1.54) is 154 Å². The molecule has 4 nitrogen and oxygen atoms in total. The van der Waals surface area contributed by atoms with E-state index in [0.29, 0.717) is 6.79 Å². The van der Waals surface area contributed by atoms with Gasteiger partial charge in [0.25, 0.3) is 0 Å². The van der Waals surface area contributed by atoms with Crippen molar-refractivity contribution < 1.29 is 18.9 Å². The van der Waals surface area contributed by atoms with E-state index < -0.39 is 0 Å². The summed E-state index contributed by atoms with van der Waals surface area (Å²) in [5, 5.41) is 0. The van der Waals surface area contributed by atoms with E-state index in [1.54, 1.807) is 13.4 Å². The van der Waals surface area contributed by atoms with E-state index in [-0.39, 0.29) is 6.29 Å². The third-order valence-corrected chi connectivity index (χ3v) is 7.54. The average Bonchev–Trinajstić information content (AvgIpc) is 2.95. The van der Waals surface area contributed by atoms with Crippen LogP contribution in [0.4, 0.5) is 0 Å². The number of allylic oxidation sites excluding steroid dienone is 1. The van der Waals surface area contributed by atoms with Crippen molar-refractivity contribution in [2.24, 2.45) is 0 Å². The number of methoxy groups -OCH3 is 1. The fraction of sp³-hybridized carbons (Fsp3) is 0.943. The molecule has 234 valence electrons. The normalized spacial score (nSPS) is 11.8. The van der Waals surface area contributed by atoms with Crippen LogP contribution in [-0.2, 0) is 18.9 Å². The minimum Gasteiger partial charge on any atom is -0.476 e. The summed E-state index contributed by atoms with van der Waals surface area (Å²) >= 11 is 0. The smallest absolute Gasteiger partial charge is 0.187 e. The van der Waals surface area contributed by atoms with Crippen molar-refractivity contribution in [1.82, 2.24) is 0 Å². The van der Waals surface area contributed by atoms with Gasteiger partial charge in [-0.15, -0.1) is 0 Å². The van der Waals surface area contributed by atoms with Gasteiger partial charge in [0.15, 0.2) is 13.1 Å². The fourth-order valence-corrected chi connectivity index (χ4v) is 4.99. The Hall–Kier alpha value is -0.580. The van der Waals surface area contributed by atoms with Crippen molar-refractivity contribution in [3.8, 4) is 0 Å². The third-order valence-electron chi connectivity index (χ3n) is 7.54. The molecule has 0 aliphatic rings. The van der Waals surface area contributed by atoms with Crippen molar-refractivity contribution >= 4 is 0 Å². The average molecular weight is 555 g/mol. The van der Waals surface area contributed by atoms with E-state index in [0.717, 1.165) is 26.1 Å². The van der Waals surface area contributed by atoms with Gasteiger partial charge in [-0.3, -0.25) is 0 Å². The molecule has 0 atom stereocenters. The first-order valence-electron chi connectivity index (χ1n) is 17.3. The largest absolute Gasteiger partial charge is 0.476 e. The molecule has 0 amide bonds. The lowest BCUT2D eigenvalue weighted by Crippen LogP contribution is -2.19. The van der Waals surface area contributed by atoms with Crippen LogP contribution in [0.15, 0.2) is 12.3 Å². The van der Waals surface area contributed by atoms with Crippen LogP contribution in [0.2, 0.25) is 0 Å². The second-order valence-corrected chi connectivity index (χ2v) is 11.5. The highest BCUT2D eigenvalue weighted by Gasteiger charge is 2.09. The lowest BCUT2D eigenvalue weighted by Gasteiger charge is -2.19. The fourth-order valence-electron chi connectivity index (χ4n) is 4.99. The Balaban J connectivity index is 3.78. The first-order chi connectivity index (χ1) is 19.3. The van der Waals surface area contributed by atoms with Crippen LogP contribution in [0, 0.1) is 0 Å². The van der Waals surface area contributed by atoms with Crippen LogP contribution in [-0.4, -0.2) is 33.4 Å². The van der Waals surface area contributed by atoms with Crippen LogP contribution in [0.25, 0.3) is 0 Å². The van der Waals surface area contributed by atoms with Crippen molar-refractivity contribution in [2.45, 2.75) is 187 Å². The lowest BCUT2D eigenvalue weighted by molar-refractivity contribution is -0.148. The highest BCUT2D eigenvalue weighted by molar-refractivity contribution is 4.72. The molecule has 39 heavy (non-hydrogen) atoms. The Morgan fingerprint density at radius 2 is 0.897 bits per heavy atom. The Bertz CT molecular complexity index is 434. The van der Waals surface area contributed by atoms with E-state index in [9.17, 15) is 0 Å². The summed E-state index contributed by atoms with van der Waals surface area (Å²) in [5.41, 5.74) is 0. The van der Waals surface area contributed by atoms with Crippen molar-refractivity contribution in [3.63, 3.8) is 0 Å². The van der Waals surface area contributed by atoms with Gasteiger partial charge in [-0.05, 0) is 44.6 Å². The van der Waals surface area contributed by atoms with Gasteiger partial charge in [-0.25, -0.2) is 0 Å². The van der Waals surface area contributed by atoms with E-state index in [2.05, 4.69) is 19.9 Å². The maximum atomic E-state index is 6.21. The number of hydrogen-bond donors (Lipinski definition) is 0. The van der Waals surface area contributed by atoms with Crippen LogP contribution in [0.3, 0.4) is 0 Å². The van der Waals surface area contributed by atoms with Crippen LogP contribution >= 0.6 is 0 Å². The molecule has 0 aromatic heterocycles. The second-order valence-electron chi connectivity index (χ2n) is 11.5. The van der Waals surface area contributed by atoms with E-state index >= 15 is 0 Å². The number of rotatable bonds is 34. The van der Waals surface area contributed by atoms with Gasteiger partial charge < -0.3 is 18.9 Å². The molecule has 0 unspecified atom stereocenters. The number of unbranched alkanes of at least 4 members (excludes halogenated alkanes) is 22. The van der Waals surface area contributed by atoms with Gasteiger partial charge in [0.1, 0.15) is 0 Å². The maximum Gasteiger partial charge on any atom is 0.187 e. The van der Waals surface area contributed by atoms with E-state index in [1.807, 2.05) is 0 Å². The molecule has 0 bridgehead atoms. The number of hydrogen-bond acceptors (Lipinski definition) is 4. The van der Waals surface area contributed by atoms with E-state index in [4.69, 9.17) is 18.9 Å². The van der Waals surface area contributed by atoms with Crippen LogP contribution in [0.1, 0.15) is 181 Å². The summed E-state index contributed by atoms with van der Waals surface area (Å²) in [5.74, 6) is 0. The SMILES string of the molecule is CCCCCCCCCOC(CCCCCCCCCCCCC=COCOC)OCCCCCCCCC. The van der Waals surface area contributed by atoms with Gasteiger partial charge >= 0.3 is 0 Å². The first kappa shape index (κ1) is 38.4. The molecule has 0 spiro atoms. The Labute approximate surface area is 245 Å². The monoisotopic (exact) mass is 555 g/mol. The zero-order valence-electron chi connectivity index (χ0n) is 26.9.